The van der Waals surface area contributed by atoms with Crippen LogP contribution in [0.15, 0.2) is 18.3 Å². The molecule has 1 saturated carbocycles. The Morgan fingerprint density at radius 3 is 2.93 bits per heavy atom. The number of aromatic nitrogens is 1. The molecule has 0 aliphatic heterocycles. The van der Waals surface area contributed by atoms with Gasteiger partial charge in [-0.3, -0.25) is 4.98 Å². The van der Waals surface area contributed by atoms with Crippen LogP contribution in [0.3, 0.4) is 0 Å². The highest BCUT2D eigenvalue weighted by atomic mass is 14.9. The maximum atomic E-state index is 4.27. The maximum Gasteiger partial charge on any atom is 0.0372 e. The molecule has 0 saturated heterocycles. The Balaban J connectivity index is 1.66. The first kappa shape index (κ1) is 9.66. The highest BCUT2D eigenvalue weighted by molar-refractivity contribution is 5.12. The number of hydrogen-bond acceptors (Lipinski definition) is 2. The molecular weight excluding hydrogens is 172 g/mol. The van der Waals surface area contributed by atoms with Gasteiger partial charge in [-0.25, -0.2) is 0 Å². The molecule has 2 heteroatoms. The van der Waals surface area contributed by atoms with Gasteiger partial charge in [-0.2, -0.15) is 0 Å². The molecule has 1 fully saturated rings. The lowest BCUT2D eigenvalue weighted by molar-refractivity contribution is 0.612. The van der Waals surface area contributed by atoms with Gasteiger partial charge >= 0.3 is 0 Å². The minimum atomic E-state index is 0.958. The summed E-state index contributed by atoms with van der Waals surface area (Å²) < 4.78 is 0. The number of pyridine rings is 1. The van der Waals surface area contributed by atoms with E-state index in [9.17, 15) is 0 Å². The van der Waals surface area contributed by atoms with Gasteiger partial charge in [0.25, 0.3) is 0 Å². The van der Waals surface area contributed by atoms with Gasteiger partial charge < -0.3 is 5.32 Å². The van der Waals surface area contributed by atoms with Gasteiger partial charge in [-0.1, -0.05) is 18.9 Å². The van der Waals surface area contributed by atoms with Gasteiger partial charge in [0.15, 0.2) is 0 Å². The van der Waals surface area contributed by atoms with E-state index in [4.69, 9.17) is 0 Å². The molecule has 1 N–H and O–H groups in total. The number of hydrogen-bond donors (Lipinski definition) is 1. The summed E-state index contributed by atoms with van der Waals surface area (Å²) in [5.41, 5.74) is 2.37. The molecule has 0 unspecified atom stereocenters. The Hall–Kier alpha value is -0.890. The molecule has 2 nitrogen and oxygen atoms in total. The van der Waals surface area contributed by atoms with Crippen LogP contribution in [0.25, 0.3) is 0 Å². The summed E-state index contributed by atoms with van der Waals surface area (Å²) in [5, 5.41) is 3.45. The molecule has 2 rings (SSSR count). The van der Waals surface area contributed by atoms with Crippen molar-refractivity contribution in [1.82, 2.24) is 10.3 Å². The van der Waals surface area contributed by atoms with E-state index in [0.717, 1.165) is 24.7 Å². The lowest BCUT2D eigenvalue weighted by atomic mass is 10.2. The zero-order chi connectivity index (χ0) is 9.80. The highest BCUT2D eigenvalue weighted by Gasteiger charge is 2.19. The summed E-state index contributed by atoms with van der Waals surface area (Å²) in [6.07, 6.45) is 6.21. The van der Waals surface area contributed by atoms with Crippen LogP contribution in [0, 0.1) is 12.8 Å². The van der Waals surface area contributed by atoms with Crippen molar-refractivity contribution in [1.29, 1.82) is 0 Å². The Bertz CT molecular complexity index is 275. The normalized spacial score (nSPS) is 15.8. The molecule has 1 aliphatic rings. The number of aryl methyl sites for hydroxylation is 1. The van der Waals surface area contributed by atoms with Gasteiger partial charge in [-0.15, -0.1) is 0 Å². The molecule has 1 heterocycles. The van der Waals surface area contributed by atoms with Crippen molar-refractivity contribution in [3.05, 3.63) is 29.6 Å². The molecule has 1 aliphatic carbocycles. The van der Waals surface area contributed by atoms with Gasteiger partial charge in [0, 0.05) is 18.4 Å². The fourth-order valence-electron chi connectivity index (χ4n) is 1.55. The first-order valence-corrected chi connectivity index (χ1v) is 5.47. The predicted molar refractivity (Wildman–Crippen MR) is 58.0 cm³/mol. The second-order valence-electron chi connectivity index (χ2n) is 4.22. The molecule has 0 spiro atoms. The summed E-state index contributed by atoms with van der Waals surface area (Å²) in [7, 11) is 0. The molecule has 14 heavy (non-hydrogen) atoms. The average Bonchev–Trinajstić information content (AvgIpc) is 2.99. The summed E-state index contributed by atoms with van der Waals surface area (Å²) in [6.45, 7) is 4.13. The first-order chi connectivity index (χ1) is 6.84. The van der Waals surface area contributed by atoms with E-state index in [1.807, 2.05) is 13.1 Å². The number of nitrogens with one attached hydrogen (secondary N) is 1. The number of nitrogens with zero attached hydrogens (tertiary/aromatic N) is 1. The van der Waals surface area contributed by atoms with Crippen LogP contribution in [0.1, 0.15) is 30.5 Å². The lowest BCUT2D eigenvalue weighted by Gasteiger charge is -2.03. The lowest BCUT2D eigenvalue weighted by Crippen LogP contribution is -2.15. The molecule has 76 valence electrons. The predicted octanol–water partition coefficient (Wildman–Crippen LogP) is 2.28. The fourth-order valence-corrected chi connectivity index (χ4v) is 1.55. The Labute approximate surface area is 85.7 Å². The smallest absolute Gasteiger partial charge is 0.0372 e. The highest BCUT2D eigenvalue weighted by Crippen LogP contribution is 2.31. The Kier molecular flexibility index (Phi) is 3.14. The van der Waals surface area contributed by atoms with Gasteiger partial charge in [0.2, 0.25) is 0 Å². The van der Waals surface area contributed by atoms with E-state index in [1.165, 1.54) is 24.8 Å². The molecule has 0 atom stereocenters. The van der Waals surface area contributed by atoms with E-state index < -0.39 is 0 Å². The largest absolute Gasteiger partial charge is 0.313 e. The van der Waals surface area contributed by atoms with Crippen molar-refractivity contribution >= 4 is 0 Å². The van der Waals surface area contributed by atoms with Crippen LogP contribution in [0.4, 0.5) is 0 Å². The molecule has 0 amide bonds. The zero-order valence-corrected chi connectivity index (χ0v) is 8.79. The van der Waals surface area contributed by atoms with Crippen molar-refractivity contribution in [2.75, 3.05) is 6.54 Å². The molecule has 0 aromatic carbocycles. The zero-order valence-electron chi connectivity index (χ0n) is 8.79. The van der Waals surface area contributed by atoms with Crippen molar-refractivity contribution in [2.45, 2.75) is 32.7 Å². The quantitative estimate of drug-likeness (QED) is 0.720. The van der Waals surface area contributed by atoms with Gasteiger partial charge in [0.05, 0.1) is 0 Å². The first-order valence-electron chi connectivity index (χ1n) is 5.47. The van der Waals surface area contributed by atoms with E-state index in [1.54, 1.807) is 0 Å². The molecular formula is C12H18N2. The van der Waals surface area contributed by atoms with E-state index in [-0.39, 0.29) is 0 Å². The topological polar surface area (TPSA) is 24.9 Å². The van der Waals surface area contributed by atoms with E-state index >= 15 is 0 Å². The Morgan fingerprint density at radius 1 is 1.43 bits per heavy atom. The maximum absolute atomic E-state index is 4.27. The third-order valence-corrected chi connectivity index (χ3v) is 2.73. The van der Waals surface area contributed by atoms with Gasteiger partial charge in [0.1, 0.15) is 0 Å². The van der Waals surface area contributed by atoms with Crippen molar-refractivity contribution in [2.24, 2.45) is 5.92 Å². The number of rotatable bonds is 5. The van der Waals surface area contributed by atoms with E-state index in [2.05, 4.69) is 22.4 Å². The van der Waals surface area contributed by atoms with Crippen LogP contribution in [-0.4, -0.2) is 11.5 Å². The van der Waals surface area contributed by atoms with Crippen LogP contribution >= 0.6 is 0 Å². The summed E-state index contributed by atoms with van der Waals surface area (Å²) in [4.78, 5) is 4.27. The van der Waals surface area contributed by atoms with Gasteiger partial charge in [-0.05, 0) is 37.4 Å². The summed E-state index contributed by atoms with van der Waals surface area (Å²) in [6, 6.07) is 4.21. The molecule has 1 aromatic heterocycles. The van der Waals surface area contributed by atoms with Crippen LogP contribution < -0.4 is 5.32 Å². The van der Waals surface area contributed by atoms with Crippen LogP contribution in [0.5, 0.6) is 0 Å². The van der Waals surface area contributed by atoms with Crippen LogP contribution in [0.2, 0.25) is 0 Å². The monoisotopic (exact) mass is 190 g/mol. The SMILES string of the molecule is Cc1ccc(CNCCC2CC2)cn1. The Morgan fingerprint density at radius 2 is 2.29 bits per heavy atom. The van der Waals surface area contributed by atoms with E-state index in [0.29, 0.717) is 0 Å². The second-order valence-corrected chi connectivity index (χ2v) is 4.22. The third kappa shape index (κ3) is 3.11. The van der Waals surface area contributed by atoms with Crippen molar-refractivity contribution < 1.29 is 0 Å². The molecule has 1 aromatic rings. The summed E-state index contributed by atoms with van der Waals surface area (Å²) in [5.74, 6) is 1.03. The third-order valence-electron chi connectivity index (χ3n) is 2.73. The minimum Gasteiger partial charge on any atom is -0.313 e. The second kappa shape index (κ2) is 4.56. The summed E-state index contributed by atoms with van der Waals surface area (Å²) >= 11 is 0. The van der Waals surface area contributed by atoms with Crippen LogP contribution in [-0.2, 0) is 6.54 Å². The fraction of sp³-hybridized carbons (Fsp3) is 0.583. The molecule has 0 bridgehead atoms. The van der Waals surface area contributed by atoms with Crippen molar-refractivity contribution in [3.63, 3.8) is 0 Å². The average molecular weight is 190 g/mol. The van der Waals surface area contributed by atoms with Crippen molar-refractivity contribution in [3.8, 4) is 0 Å². The minimum absolute atomic E-state index is 0.958. The molecule has 0 radical (unpaired) electrons. The standard InChI is InChI=1S/C12H18N2/c1-10-2-3-12(9-14-10)8-13-7-6-11-4-5-11/h2-3,9,11,13H,4-8H2,1H3.